The number of hydrogen-bond donors (Lipinski definition) is 1. The summed E-state index contributed by atoms with van der Waals surface area (Å²) in [5.41, 5.74) is 3.67. The van der Waals surface area contributed by atoms with E-state index in [1.807, 2.05) is 37.3 Å². The van der Waals surface area contributed by atoms with Crippen LogP contribution in [0.1, 0.15) is 37.8 Å². The number of amides is 1. The molecule has 6 heteroatoms. The maximum absolute atomic E-state index is 12.6. The molecule has 0 aliphatic carbocycles. The first-order valence-electron chi connectivity index (χ1n) is 8.94. The normalized spacial score (nSPS) is 12.4. The van der Waals surface area contributed by atoms with E-state index >= 15 is 0 Å². The number of anilines is 1. The summed E-state index contributed by atoms with van der Waals surface area (Å²) in [6.45, 7) is 7.94. The van der Waals surface area contributed by atoms with Crippen molar-refractivity contribution in [1.29, 1.82) is 0 Å². The second-order valence-corrected chi connectivity index (χ2v) is 8.05. The molecule has 2 aromatic carbocycles. The molecule has 0 saturated carbocycles. The van der Waals surface area contributed by atoms with Crippen molar-refractivity contribution in [2.75, 3.05) is 5.32 Å². The number of nitrogens with zero attached hydrogens (tertiary/aromatic N) is 1. The third kappa shape index (κ3) is 4.06. The van der Waals surface area contributed by atoms with E-state index in [-0.39, 0.29) is 10.8 Å². The van der Waals surface area contributed by atoms with Crippen LogP contribution in [-0.4, -0.2) is 16.6 Å². The maximum atomic E-state index is 12.6. The van der Waals surface area contributed by atoms with Crippen LogP contribution in [0.4, 0.5) is 5.69 Å². The lowest BCUT2D eigenvalue weighted by atomic mass is 10.0. The molecule has 0 saturated heterocycles. The quantitative estimate of drug-likeness (QED) is 0.707. The number of aryl methyl sites for hydroxylation is 2. The minimum atomic E-state index is -0.644. The topological polar surface area (TPSA) is 60.3 Å². The SMILES string of the molecule is Cc1ccc(C(C)C)c(O[C@@H](C)C(=O)Nc2ccc3c(c2)sc(=O)n3C)c1. The number of carbonyl (C=O) groups excluding carboxylic acids is 1. The average Bonchev–Trinajstić information content (AvgIpc) is 2.88. The highest BCUT2D eigenvalue weighted by Crippen LogP contribution is 2.28. The Morgan fingerprint density at radius 3 is 2.59 bits per heavy atom. The molecule has 0 aliphatic heterocycles. The van der Waals surface area contributed by atoms with Gasteiger partial charge in [0, 0.05) is 12.7 Å². The number of fused-ring (bicyclic) bond motifs is 1. The number of benzene rings is 2. The van der Waals surface area contributed by atoms with Gasteiger partial charge in [-0.1, -0.05) is 37.3 Å². The first kappa shape index (κ1) is 19.2. The summed E-state index contributed by atoms with van der Waals surface area (Å²) < 4.78 is 8.41. The average molecular weight is 385 g/mol. The summed E-state index contributed by atoms with van der Waals surface area (Å²) in [5.74, 6) is 0.817. The van der Waals surface area contributed by atoms with Crippen molar-refractivity contribution in [2.24, 2.45) is 7.05 Å². The highest BCUT2D eigenvalue weighted by Gasteiger charge is 2.18. The van der Waals surface area contributed by atoms with Gasteiger partial charge in [0.2, 0.25) is 0 Å². The van der Waals surface area contributed by atoms with Gasteiger partial charge in [-0.05, 0) is 55.2 Å². The van der Waals surface area contributed by atoms with E-state index in [1.54, 1.807) is 24.6 Å². The van der Waals surface area contributed by atoms with E-state index in [4.69, 9.17) is 4.74 Å². The third-order valence-corrected chi connectivity index (χ3v) is 5.52. The lowest BCUT2D eigenvalue weighted by Crippen LogP contribution is -2.30. The van der Waals surface area contributed by atoms with E-state index in [2.05, 4.69) is 19.2 Å². The molecule has 0 bridgehead atoms. The number of aromatic nitrogens is 1. The van der Waals surface area contributed by atoms with Crippen LogP contribution in [-0.2, 0) is 11.8 Å². The van der Waals surface area contributed by atoms with Crippen LogP contribution in [0.3, 0.4) is 0 Å². The molecule has 27 heavy (non-hydrogen) atoms. The molecule has 0 aliphatic rings. The summed E-state index contributed by atoms with van der Waals surface area (Å²) in [4.78, 5) is 24.3. The van der Waals surface area contributed by atoms with E-state index in [0.717, 1.165) is 38.4 Å². The molecule has 3 rings (SSSR count). The highest BCUT2D eigenvalue weighted by atomic mass is 32.1. The minimum absolute atomic E-state index is 0.0224. The van der Waals surface area contributed by atoms with Crippen LogP contribution >= 0.6 is 11.3 Å². The molecule has 1 aromatic heterocycles. The Kier molecular flexibility index (Phi) is 5.37. The lowest BCUT2D eigenvalue weighted by molar-refractivity contribution is -0.122. The molecule has 5 nitrogen and oxygen atoms in total. The summed E-state index contributed by atoms with van der Waals surface area (Å²) in [6, 6.07) is 11.5. The number of nitrogens with one attached hydrogen (secondary N) is 1. The van der Waals surface area contributed by atoms with Gasteiger partial charge in [0.1, 0.15) is 5.75 Å². The van der Waals surface area contributed by atoms with Gasteiger partial charge in [0.05, 0.1) is 10.2 Å². The van der Waals surface area contributed by atoms with Crippen molar-refractivity contribution in [3.63, 3.8) is 0 Å². The zero-order valence-electron chi connectivity index (χ0n) is 16.2. The fraction of sp³-hybridized carbons (Fsp3) is 0.333. The van der Waals surface area contributed by atoms with Crippen LogP contribution in [0, 0.1) is 6.92 Å². The van der Waals surface area contributed by atoms with Gasteiger partial charge in [-0.3, -0.25) is 9.59 Å². The number of carbonyl (C=O) groups is 1. The number of rotatable bonds is 5. The second kappa shape index (κ2) is 7.56. The molecule has 142 valence electrons. The van der Waals surface area contributed by atoms with Crippen LogP contribution < -0.4 is 14.9 Å². The molecule has 1 N–H and O–H groups in total. The van der Waals surface area contributed by atoms with Crippen LogP contribution in [0.25, 0.3) is 10.2 Å². The molecular weight excluding hydrogens is 360 g/mol. The van der Waals surface area contributed by atoms with Gasteiger partial charge in [-0.2, -0.15) is 0 Å². The first-order valence-corrected chi connectivity index (χ1v) is 9.75. The van der Waals surface area contributed by atoms with E-state index in [0.29, 0.717) is 11.6 Å². The van der Waals surface area contributed by atoms with Gasteiger partial charge in [0.25, 0.3) is 5.91 Å². The van der Waals surface area contributed by atoms with E-state index < -0.39 is 6.10 Å². The Labute approximate surface area is 162 Å². The Morgan fingerprint density at radius 1 is 1.15 bits per heavy atom. The molecule has 0 spiro atoms. The summed E-state index contributed by atoms with van der Waals surface area (Å²) in [7, 11) is 1.74. The minimum Gasteiger partial charge on any atom is -0.481 e. The fourth-order valence-corrected chi connectivity index (χ4v) is 3.84. The predicted octanol–water partition coefficient (Wildman–Crippen LogP) is 4.44. The number of hydrogen-bond acceptors (Lipinski definition) is 4. The molecule has 1 amide bonds. The Bertz CT molecular complexity index is 1050. The van der Waals surface area contributed by atoms with Crippen molar-refractivity contribution in [3.05, 3.63) is 57.2 Å². The van der Waals surface area contributed by atoms with Crippen molar-refractivity contribution in [3.8, 4) is 5.75 Å². The predicted molar refractivity (Wildman–Crippen MR) is 111 cm³/mol. The van der Waals surface area contributed by atoms with Crippen molar-refractivity contribution in [1.82, 2.24) is 4.57 Å². The summed E-state index contributed by atoms with van der Waals surface area (Å²) >= 11 is 1.16. The van der Waals surface area contributed by atoms with Crippen LogP contribution in [0.2, 0.25) is 0 Å². The van der Waals surface area contributed by atoms with Crippen molar-refractivity contribution in [2.45, 2.75) is 39.7 Å². The highest BCUT2D eigenvalue weighted by molar-refractivity contribution is 7.16. The lowest BCUT2D eigenvalue weighted by Gasteiger charge is -2.19. The summed E-state index contributed by atoms with van der Waals surface area (Å²) in [5, 5.41) is 2.88. The zero-order chi connectivity index (χ0) is 19.7. The van der Waals surface area contributed by atoms with Gasteiger partial charge >= 0.3 is 4.87 Å². The smallest absolute Gasteiger partial charge is 0.307 e. The molecule has 0 radical (unpaired) electrons. The van der Waals surface area contributed by atoms with Gasteiger partial charge in [-0.25, -0.2) is 0 Å². The zero-order valence-corrected chi connectivity index (χ0v) is 17.0. The van der Waals surface area contributed by atoms with Crippen molar-refractivity contribution < 1.29 is 9.53 Å². The Balaban J connectivity index is 1.77. The number of thiazole rings is 1. The molecule has 0 unspecified atom stereocenters. The van der Waals surface area contributed by atoms with Gasteiger partial charge < -0.3 is 14.6 Å². The van der Waals surface area contributed by atoms with Gasteiger partial charge in [0.15, 0.2) is 6.10 Å². The number of ether oxygens (including phenoxy) is 1. The standard InChI is InChI=1S/C21H24N2O3S/c1-12(2)16-8-6-13(3)10-18(16)26-14(4)20(24)22-15-7-9-17-19(11-15)27-21(25)23(17)5/h6-12,14H,1-5H3,(H,22,24)/t14-/m0/s1. The largest absolute Gasteiger partial charge is 0.481 e. The molecule has 3 aromatic rings. The Morgan fingerprint density at radius 2 is 1.89 bits per heavy atom. The van der Waals surface area contributed by atoms with Crippen molar-refractivity contribution >= 4 is 33.1 Å². The summed E-state index contributed by atoms with van der Waals surface area (Å²) in [6.07, 6.45) is -0.644. The Hall–Kier alpha value is -2.60. The van der Waals surface area contributed by atoms with Crippen LogP contribution in [0.15, 0.2) is 41.2 Å². The third-order valence-electron chi connectivity index (χ3n) is 4.52. The molecular formula is C21H24N2O3S. The molecule has 1 atom stereocenters. The fourth-order valence-electron chi connectivity index (χ4n) is 2.92. The monoisotopic (exact) mass is 384 g/mol. The maximum Gasteiger partial charge on any atom is 0.307 e. The van der Waals surface area contributed by atoms with Crippen LogP contribution in [0.5, 0.6) is 5.75 Å². The first-order chi connectivity index (χ1) is 12.8. The van der Waals surface area contributed by atoms with Gasteiger partial charge in [-0.15, -0.1) is 0 Å². The molecule has 0 fully saturated rings. The van der Waals surface area contributed by atoms with E-state index in [9.17, 15) is 9.59 Å². The van der Waals surface area contributed by atoms with E-state index in [1.165, 1.54) is 0 Å². The second-order valence-electron chi connectivity index (χ2n) is 7.05. The molecule has 1 heterocycles.